The van der Waals surface area contributed by atoms with Crippen LogP contribution in [-0.2, 0) is 0 Å². The highest BCUT2D eigenvalue weighted by molar-refractivity contribution is 5.85. The molecule has 0 spiro atoms. The van der Waals surface area contributed by atoms with Crippen molar-refractivity contribution >= 4 is 12.4 Å². The van der Waals surface area contributed by atoms with E-state index in [2.05, 4.69) is 0 Å². The minimum atomic E-state index is 0. The molecule has 0 aromatic rings. The predicted molar refractivity (Wildman–Crippen MR) is 14.8 cm³/mol. The Morgan fingerprint density at radius 3 is 1.25 bits per heavy atom. The lowest BCUT2D eigenvalue weighted by molar-refractivity contribution is 0.928. The fourth-order valence-corrected chi connectivity index (χ4v) is 0. The Morgan fingerprint density at radius 2 is 1.25 bits per heavy atom. The van der Waals surface area contributed by atoms with Gasteiger partial charge in [0.25, 0.3) is 0 Å². The molecule has 2 N–H and O–H groups in total. The topological polar surface area (TPSA) is 61.8 Å². The van der Waals surface area contributed by atoms with Gasteiger partial charge in [-0.3, -0.25) is 0 Å². The maximum absolute atomic E-state index is 5.50. The third-order valence-electron chi connectivity index (χ3n) is 0. The summed E-state index contributed by atoms with van der Waals surface area (Å²) in [4.78, 5) is 2.00. The van der Waals surface area contributed by atoms with Crippen LogP contribution in [0.15, 0.2) is 0 Å². The van der Waals surface area contributed by atoms with Gasteiger partial charge in [-0.2, -0.15) is 0 Å². The molecule has 0 heterocycles. The average Bonchev–Trinajstić information content (AvgIpc) is 0.918. The largest absolute Gasteiger partial charge is 0.211 e. The van der Waals surface area contributed by atoms with Gasteiger partial charge in [-0.05, 0) is 0 Å². The van der Waals surface area contributed by atoms with E-state index in [1.165, 1.54) is 0 Å². The summed E-state index contributed by atoms with van der Waals surface area (Å²) in [6.45, 7) is 0. The highest BCUT2D eigenvalue weighted by Crippen LogP contribution is 0.841. The molecule has 3 nitrogen and oxygen atoms in total. The summed E-state index contributed by atoms with van der Waals surface area (Å²) in [5.74, 6) is 0. The summed E-state index contributed by atoms with van der Waals surface area (Å²) in [6, 6.07) is 0. The summed E-state index contributed by atoms with van der Waals surface area (Å²) >= 11 is 0. The lowest BCUT2D eigenvalue weighted by Gasteiger charge is -0.844. The third kappa shape index (κ3) is 3.60. The van der Waals surface area contributed by atoms with Crippen LogP contribution in [-0.4, -0.2) is 0 Å². The zero-order chi connectivity index (χ0) is 2.71. The van der Waals surface area contributed by atoms with Crippen molar-refractivity contribution in [1.82, 2.24) is 4.91 Å². The second-order valence-electron chi connectivity index (χ2n) is 0.112. The van der Waals surface area contributed by atoms with Crippen LogP contribution in [0.4, 0.5) is 0 Å². The van der Waals surface area contributed by atoms with Gasteiger partial charge < -0.3 is 0 Å². The molecule has 0 aromatic carbocycles. The van der Waals surface area contributed by atoms with Gasteiger partial charge in [0.1, 0.15) is 11.1 Å². The molecule has 0 atom stereocenters. The standard InChI is InChI=1S/ClH.H2N3/c;1-3-2/h1H;1-2H/q;+1. The summed E-state index contributed by atoms with van der Waals surface area (Å²) in [7, 11) is 0. The third-order valence-corrected chi connectivity index (χ3v) is 0. The van der Waals surface area contributed by atoms with Gasteiger partial charge in [0, 0.05) is 0 Å². The molecular weight excluding hydrogens is 77.5 g/mol. The van der Waals surface area contributed by atoms with Crippen LogP contribution in [0.25, 0.3) is 0 Å². The van der Waals surface area contributed by atoms with E-state index in [1.54, 1.807) is 0 Å². The van der Waals surface area contributed by atoms with Crippen LogP contribution in [0.5, 0.6) is 0 Å². The number of nitrogens with one attached hydrogen (secondary N) is 2. The molecular formula is H3ClN3+. The average molecular weight is 80.5 g/mol. The molecule has 0 aliphatic carbocycles. The van der Waals surface area contributed by atoms with Gasteiger partial charge in [0.05, 0.1) is 0 Å². The Hall–Kier alpha value is -0.400. The quantitative estimate of drug-likeness (QED) is 0.315. The molecule has 0 fully saturated rings. The molecule has 0 aromatic heterocycles. The zero-order valence-electron chi connectivity index (χ0n) is 1.86. The first-order valence-electron chi connectivity index (χ1n) is 0.447. The molecule has 0 aliphatic heterocycles. The molecule has 0 unspecified atom stereocenters. The van der Waals surface area contributed by atoms with Crippen LogP contribution < -0.4 is 4.91 Å². The van der Waals surface area contributed by atoms with Crippen molar-refractivity contribution in [3.63, 3.8) is 0 Å². The highest BCUT2D eigenvalue weighted by Gasteiger charge is 1.16. The first kappa shape index (κ1) is 9.51. The van der Waals surface area contributed by atoms with Crippen molar-refractivity contribution in [3.8, 4) is 0 Å². The Balaban J connectivity index is 0. The number of hydrogen-bond donors (Lipinski definition) is 2. The molecule has 0 aliphatic rings. The van der Waals surface area contributed by atoms with E-state index in [0.29, 0.717) is 0 Å². The van der Waals surface area contributed by atoms with Gasteiger partial charge in [-0.25, -0.2) is 0 Å². The molecule has 0 rings (SSSR count). The van der Waals surface area contributed by atoms with Crippen molar-refractivity contribution in [3.05, 3.63) is 0 Å². The number of rotatable bonds is 0. The van der Waals surface area contributed by atoms with Crippen LogP contribution in [0.3, 0.4) is 0 Å². The van der Waals surface area contributed by atoms with Crippen LogP contribution in [0.1, 0.15) is 0 Å². The minimum Gasteiger partial charge on any atom is -0.147 e. The monoisotopic (exact) mass is 80.0 g/mol. The lowest BCUT2D eigenvalue weighted by Crippen LogP contribution is -1.24. The fraction of sp³-hybridized carbons (Fsp3) is 0. The SMILES string of the molecule is Cl.N=[N+]=N. The molecule has 0 radical (unpaired) electrons. The Bertz CT molecular complexity index is 24.3. The lowest BCUT2D eigenvalue weighted by atomic mass is 13.0. The van der Waals surface area contributed by atoms with E-state index < -0.39 is 0 Å². The normalized spacial score (nSPS) is 2.00. The van der Waals surface area contributed by atoms with Crippen molar-refractivity contribution in [2.45, 2.75) is 0 Å². The van der Waals surface area contributed by atoms with Gasteiger partial charge >= 0.3 is 0 Å². The minimum absolute atomic E-state index is 0. The second kappa shape index (κ2) is 18.5. The van der Waals surface area contributed by atoms with Crippen molar-refractivity contribution < 1.29 is 0 Å². The van der Waals surface area contributed by atoms with Gasteiger partial charge in [0.2, 0.25) is 4.91 Å². The van der Waals surface area contributed by atoms with E-state index >= 15 is 0 Å². The van der Waals surface area contributed by atoms with Gasteiger partial charge in [0.15, 0.2) is 0 Å². The van der Waals surface area contributed by atoms with Crippen LogP contribution in [0.2, 0.25) is 0 Å². The van der Waals surface area contributed by atoms with E-state index in [-0.39, 0.29) is 12.4 Å². The predicted octanol–water partition coefficient (Wildman–Crippen LogP) is 0.537. The first-order valence-corrected chi connectivity index (χ1v) is 0.447. The van der Waals surface area contributed by atoms with Crippen molar-refractivity contribution in [1.29, 1.82) is 11.1 Å². The number of hydrogen-bond acceptors (Lipinski definition) is 2. The summed E-state index contributed by atoms with van der Waals surface area (Å²) in [6.07, 6.45) is 0. The highest BCUT2D eigenvalue weighted by atomic mass is 35.5. The molecule has 0 amide bonds. The van der Waals surface area contributed by atoms with E-state index in [1.807, 2.05) is 4.91 Å². The molecule has 0 saturated carbocycles. The number of halogens is 1. The first-order chi connectivity index (χ1) is 1.41. The zero-order valence-corrected chi connectivity index (χ0v) is 2.67. The number of nitrogens with zero attached hydrogens (tertiary/aromatic N) is 1. The van der Waals surface area contributed by atoms with Crippen LogP contribution in [0, 0.1) is 11.1 Å². The van der Waals surface area contributed by atoms with E-state index in [4.69, 9.17) is 11.1 Å². The second-order valence-corrected chi connectivity index (χ2v) is 0.112. The maximum Gasteiger partial charge on any atom is 0.211 e. The van der Waals surface area contributed by atoms with Crippen LogP contribution >= 0.6 is 12.4 Å². The molecule has 0 bridgehead atoms. The molecule has 24 valence electrons. The molecule has 0 saturated heterocycles. The Morgan fingerprint density at radius 1 is 1.25 bits per heavy atom. The summed E-state index contributed by atoms with van der Waals surface area (Å²) in [5, 5.41) is 0. The van der Waals surface area contributed by atoms with E-state index in [0.717, 1.165) is 0 Å². The maximum atomic E-state index is 5.50. The molecule has 4 heavy (non-hydrogen) atoms. The summed E-state index contributed by atoms with van der Waals surface area (Å²) in [5.41, 5.74) is 11.0. The van der Waals surface area contributed by atoms with Crippen molar-refractivity contribution in [2.24, 2.45) is 0 Å². The van der Waals surface area contributed by atoms with Gasteiger partial charge in [-0.1, -0.05) is 0 Å². The Labute approximate surface area is 29.5 Å². The Kier molecular flexibility index (Phi) is 43.9. The van der Waals surface area contributed by atoms with Gasteiger partial charge in [-0.15, -0.1) is 12.4 Å². The van der Waals surface area contributed by atoms with E-state index in [9.17, 15) is 0 Å². The molecule has 4 heteroatoms. The summed E-state index contributed by atoms with van der Waals surface area (Å²) < 4.78 is 0. The van der Waals surface area contributed by atoms with Crippen molar-refractivity contribution in [2.75, 3.05) is 0 Å². The fourth-order valence-electron chi connectivity index (χ4n) is 0. The smallest absolute Gasteiger partial charge is 0.147 e.